The lowest BCUT2D eigenvalue weighted by molar-refractivity contribution is 0.190. The Morgan fingerprint density at radius 1 is 1.12 bits per heavy atom. The van der Waals surface area contributed by atoms with Gasteiger partial charge in [0.1, 0.15) is 5.01 Å². The minimum Gasteiger partial charge on any atom is -0.385 e. The Morgan fingerprint density at radius 2 is 1.94 bits per heavy atom. The number of fused-ring (bicyclic) bond motifs is 3. The first-order valence-corrected chi connectivity index (χ1v) is 12.6. The number of rotatable bonds is 8. The van der Waals surface area contributed by atoms with Crippen molar-refractivity contribution in [2.75, 3.05) is 13.7 Å². The van der Waals surface area contributed by atoms with Crippen LogP contribution in [0, 0.1) is 0 Å². The zero-order valence-electron chi connectivity index (χ0n) is 17.8. The van der Waals surface area contributed by atoms with Crippen molar-refractivity contribution in [3.05, 3.63) is 75.0 Å². The van der Waals surface area contributed by atoms with E-state index in [4.69, 9.17) is 21.3 Å². The molecule has 0 fully saturated rings. The van der Waals surface area contributed by atoms with Gasteiger partial charge in [0.15, 0.2) is 5.16 Å². The fraction of sp³-hybridized carbons (Fsp3) is 0.217. The normalized spacial score (nSPS) is 11.6. The smallest absolute Gasteiger partial charge is 0.262 e. The zero-order valence-corrected chi connectivity index (χ0v) is 20.2. The summed E-state index contributed by atoms with van der Waals surface area (Å²) in [4.78, 5) is 17.9. The van der Waals surface area contributed by atoms with Gasteiger partial charge in [0.05, 0.1) is 16.6 Å². The van der Waals surface area contributed by atoms with Crippen molar-refractivity contribution in [3.63, 3.8) is 0 Å². The van der Waals surface area contributed by atoms with Crippen LogP contribution < -0.4 is 5.56 Å². The second-order valence-electron chi connectivity index (χ2n) is 7.38. The number of hydrogen-bond donors (Lipinski definition) is 0. The summed E-state index contributed by atoms with van der Waals surface area (Å²) in [6, 6.07) is 15.2. The number of hydrogen-bond acceptors (Lipinski definition) is 7. The van der Waals surface area contributed by atoms with Gasteiger partial charge in [0.2, 0.25) is 5.78 Å². The highest BCUT2D eigenvalue weighted by atomic mass is 35.5. The number of aryl methyl sites for hydroxylation is 1. The van der Waals surface area contributed by atoms with Crippen LogP contribution in [-0.2, 0) is 17.0 Å². The predicted molar refractivity (Wildman–Crippen MR) is 133 cm³/mol. The lowest BCUT2D eigenvalue weighted by Gasteiger charge is -2.11. The van der Waals surface area contributed by atoms with Gasteiger partial charge in [-0.25, -0.2) is 4.98 Å². The molecule has 2 aromatic carbocycles. The van der Waals surface area contributed by atoms with Gasteiger partial charge in [-0.2, -0.15) is 0 Å². The maximum atomic E-state index is 13.1. The van der Waals surface area contributed by atoms with Crippen LogP contribution in [0.1, 0.15) is 12.1 Å². The maximum absolute atomic E-state index is 13.1. The Balaban J connectivity index is 1.47. The van der Waals surface area contributed by atoms with E-state index in [9.17, 15) is 4.79 Å². The van der Waals surface area contributed by atoms with Crippen molar-refractivity contribution in [3.8, 4) is 10.6 Å². The summed E-state index contributed by atoms with van der Waals surface area (Å²) in [6.45, 7) is 1.08. The molecule has 0 N–H and O–H groups in total. The number of aromatic nitrogens is 5. The highest BCUT2D eigenvalue weighted by Crippen LogP contribution is 2.29. The molecule has 10 heteroatoms. The van der Waals surface area contributed by atoms with E-state index in [0.717, 1.165) is 26.9 Å². The number of halogens is 1. The average Bonchev–Trinajstić information content (AvgIpc) is 3.48. The number of thiazole rings is 1. The monoisotopic (exact) mass is 497 g/mol. The molecule has 7 nitrogen and oxygen atoms in total. The summed E-state index contributed by atoms with van der Waals surface area (Å²) in [5.74, 6) is 1.18. The fourth-order valence-electron chi connectivity index (χ4n) is 3.63. The highest BCUT2D eigenvalue weighted by Gasteiger charge is 2.17. The van der Waals surface area contributed by atoms with Crippen LogP contribution in [0.4, 0.5) is 0 Å². The number of nitrogens with zero attached hydrogens (tertiary/aromatic N) is 5. The predicted octanol–water partition coefficient (Wildman–Crippen LogP) is 5.15. The van der Waals surface area contributed by atoms with Crippen LogP contribution in [-0.4, -0.2) is 37.9 Å². The second kappa shape index (κ2) is 9.64. The molecule has 0 atom stereocenters. The van der Waals surface area contributed by atoms with E-state index in [-0.39, 0.29) is 5.56 Å². The summed E-state index contributed by atoms with van der Waals surface area (Å²) >= 11 is 9.14. The summed E-state index contributed by atoms with van der Waals surface area (Å²) in [6.07, 6.45) is 0.714. The molecular formula is C23H20ClN5O2S2. The number of thioether (sulfide) groups is 1. The van der Waals surface area contributed by atoms with Gasteiger partial charge in [-0.1, -0.05) is 47.6 Å². The van der Waals surface area contributed by atoms with Gasteiger partial charge >= 0.3 is 0 Å². The van der Waals surface area contributed by atoms with Gasteiger partial charge in [-0.3, -0.25) is 13.8 Å². The zero-order chi connectivity index (χ0) is 22.8. The third-order valence-electron chi connectivity index (χ3n) is 5.20. The molecule has 5 rings (SSSR count). The maximum Gasteiger partial charge on any atom is 0.262 e. The standard InChI is InChI=1S/C23H20ClN5O2S2/c1-31-12-4-11-28-21(30)18-5-2-3-6-19(18)29-22(28)26-27-23(29)33-14-17-13-32-20(25-17)15-7-9-16(24)10-8-15/h2-3,5-10,13H,4,11-12,14H2,1H3. The summed E-state index contributed by atoms with van der Waals surface area (Å²) in [7, 11) is 1.65. The van der Waals surface area contributed by atoms with Crippen LogP contribution in [0.15, 0.2) is 63.9 Å². The molecule has 0 radical (unpaired) electrons. The number of ether oxygens (including phenoxy) is 1. The second-order valence-corrected chi connectivity index (χ2v) is 9.61. The first kappa shape index (κ1) is 22.1. The largest absolute Gasteiger partial charge is 0.385 e. The van der Waals surface area contributed by atoms with E-state index in [0.29, 0.717) is 41.5 Å². The van der Waals surface area contributed by atoms with E-state index in [1.807, 2.05) is 52.9 Å². The summed E-state index contributed by atoms with van der Waals surface area (Å²) < 4.78 is 8.80. The molecule has 5 aromatic rings. The van der Waals surface area contributed by atoms with E-state index in [1.165, 1.54) is 0 Å². The number of benzene rings is 2. The highest BCUT2D eigenvalue weighted by molar-refractivity contribution is 7.98. The minimum atomic E-state index is -0.0646. The van der Waals surface area contributed by atoms with Crippen molar-refractivity contribution in [1.82, 2.24) is 24.1 Å². The van der Waals surface area contributed by atoms with Gasteiger partial charge in [-0.05, 0) is 30.7 Å². The SMILES string of the molecule is COCCCn1c(=O)c2ccccc2n2c(SCc3csc(-c4ccc(Cl)cc4)n3)nnc12. The lowest BCUT2D eigenvalue weighted by Crippen LogP contribution is -2.24. The van der Waals surface area contributed by atoms with E-state index in [1.54, 1.807) is 34.8 Å². The Hall–Kier alpha value is -2.72. The first-order valence-electron chi connectivity index (χ1n) is 10.3. The Morgan fingerprint density at radius 3 is 2.76 bits per heavy atom. The molecule has 0 bridgehead atoms. The topological polar surface area (TPSA) is 74.3 Å². The molecule has 0 spiro atoms. The molecule has 0 aliphatic rings. The van der Waals surface area contributed by atoms with Crippen molar-refractivity contribution in [2.24, 2.45) is 0 Å². The molecule has 0 aliphatic heterocycles. The molecule has 33 heavy (non-hydrogen) atoms. The average molecular weight is 498 g/mol. The van der Waals surface area contributed by atoms with E-state index >= 15 is 0 Å². The summed E-state index contributed by atoms with van der Waals surface area (Å²) in [5.41, 5.74) is 2.74. The summed E-state index contributed by atoms with van der Waals surface area (Å²) in [5, 5.41) is 13.9. The van der Waals surface area contributed by atoms with Crippen molar-refractivity contribution < 1.29 is 4.74 Å². The van der Waals surface area contributed by atoms with Crippen molar-refractivity contribution in [1.29, 1.82) is 0 Å². The van der Waals surface area contributed by atoms with Gasteiger partial charge in [-0.15, -0.1) is 21.5 Å². The lowest BCUT2D eigenvalue weighted by atomic mass is 10.2. The van der Waals surface area contributed by atoms with Crippen LogP contribution in [0.5, 0.6) is 0 Å². The van der Waals surface area contributed by atoms with E-state index < -0.39 is 0 Å². The molecule has 168 valence electrons. The molecule has 3 heterocycles. The van der Waals surface area contributed by atoms with Crippen molar-refractivity contribution >= 4 is 51.4 Å². The molecular weight excluding hydrogens is 478 g/mol. The number of para-hydroxylation sites is 1. The van der Waals surface area contributed by atoms with Gasteiger partial charge in [0, 0.05) is 42.0 Å². The van der Waals surface area contributed by atoms with Gasteiger partial charge < -0.3 is 4.74 Å². The van der Waals surface area contributed by atoms with Gasteiger partial charge in [0.25, 0.3) is 5.56 Å². The van der Waals surface area contributed by atoms with Crippen LogP contribution in [0.3, 0.4) is 0 Å². The van der Waals surface area contributed by atoms with E-state index in [2.05, 4.69) is 15.6 Å². The van der Waals surface area contributed by atoms with Crippen LogP contribution in [0.25, 0.3) is 27.3 Å². The molecule has 3 aromatic heterocycles. The molecule has 0 unspecified atom stereocenters. The first-order chi connectivity index (χ1) is 16.2. The Labute approximate surface area is 203 Å². The fourth-order valence-corrected chi connectivity index (χ4v) is 5.52. The van der Waals surface area contributed by atoms with Crippen LogP contribution >= 0.6 is 34.7 Å². The number of methoxy groups -OCH3 is 1. The quantitative estimate of drug-likeness (QED) is 0.218. The van der Waals surface area contributed by atoms with Crippen LogP contribution in [0.2, 0.25) is 5.02 Å². The molecule has 0 aliphatic carbocycles. The third kappa shape index (κ3) is 4.41. The minimum absolute atomic E-state index is 0.0646. The molecule has 0 saturated heterocycles. The van der Waals surface area contributed by atoms with Crippen molar-refractivity contribution in [2.45, 2.75) is 23.9 Å². The molecule has 0 amide bonds. The Bertz CT molecular complexity index is 1480. The Kier molecular flexibility index (Phi) is 6.45. The third-order valence-corrected chi connectivity index (χ3v) is 7.36. The molecule has 0 saturated carbocycles.